The molecule has 0 saturated carbocycles. The minimum atomic E-state index is -0.326. The Hall–Kier alpha value is -0.0600. The molecule has 0 fully saturated rings. The van der Waals surface area contributed by atoms with E-state index in [4.69, 9.17) is 0 Å². The Morgan fingerprint density at radius 3 is 2.50 bits per heavy atom. The van der Waals surface area contributed by atoms with E-state index in [0.29, 0.717) is 10.2 Å². The Labute approximate surface area is 62.0 Å². The molecule has 0 aromatic heterocycles. The third-order valence-electron chi connectivity index (χ3n) is 0.497. The van der Waals surface area contributed by atoms with Crippen molar-refractivity contribution in [2.45, 2.75) is 6.92 Å². The molecule has 3 heteroatoms. The van der Waals surface area contributed by atoms with Crippen molar-refractivity contribution in [3.8, 4) is 0 Å². The molecular formula is C5H7IO2. The molecule has 46 valence electrons. The Kier molecular flexibility index (Phi) is 3.85. The van der Waals surface area contributed by atoms with Crippen LogP contribution in [0.25, 0.3) is 0 Å². The normalized spacial score (nSPS) is 8.25. The van der Waals surface area contributed by atoms with Gasteiger partial charge in [0.2, 0.25) is 0 Å². The molecule has 0 saturated heterocycles. The van der Waals surface area contributed by atoms with Gasteiger partial charge in [-0.15, -0.1) is 0 Å². The maximum absolute atomic E-state index is 10.4. The van der Waals surface area contributed by atoms with E-state index in [1.54, 1.807) is 6.92 Å². The molecule has 2 nitrogen and oxygen atoms in total. The van der Waals surface area contributed by atoms with E-state index in [-0.39, 0.29) is 5.97 Å². The summed E-state index contributed by atoms with van der Waals surface area (Å²) in [7, 11) is 0. The van der Waals surface area contributed by atoms with Gasteiger partial charge in [0.05, 0.1) is 10.2 Å². The zero-order valence-electron chi connectivity index (χ0n) is 4.61. The summed E-state index contributed by atoms with van der Waals surface area (Å²) >= 11 is 1.82. The van der Waals surface area contributed by atoms with Crippen LogP contribution in [-0.2, 0) is 9.53 Å². The SMILES string of the molecule is C=C(I)C(=O)OCC. The van der Waals surface area contributed by atoms with Crippen molar-refractivity contribution in [2.75, 3.05) is 6.61 Å². The highest BCUT2D eigenvalue weighted by atomic mass is 127. The molecule has 0 aromatic rings. The highest BCUT2D eigenvalue weighted by Gasteiger charge is 2.00. The maximum atomic E-state index is 10.4. The van der Waals surface area contributed by atoms with Crippen molar-refractivity contribution in [1.29, 1.82) is 0 Å². The first-order chi connectivity index (χ1) is 3.68. The summed E-state index contributed by atoms with van der Waals surface area (Å²) in [6.07, 6.45) is 0. The quantitative estimate of drug-likeness (QED) is 0.405. The van der Waals surface area contributed by atoms with Gasteiger partial charge in [0.1, 0.15) is 0 Å². The second-order valence-corrected chi connectivity index (χ2v) is 2.43. The minimum absolute atomic E-state index is 0.326. The summed E-state index contributed by atoms with van der Waals surface area (Å²) in [5, 5.41) is 0. The average Bonchev–Trinajstić information content (AvgIpc) is 1.67. The summed E-state index contributed by atoms with van der Waals surface area (Å²) in [6, 6.07) is 0. The van der Waals surface area contributed by atoms with Crippen molar-refractivity contribution in [3.63, 3.8) is 0 Å². The molecule has 0 amide bonds. The van der Waals surface area contributed by atoms with Crippen LogP contribution in [0.1, 0.15) is 6.92 Å². The van der Waals surface area contributed by atoms with Gasteiger partial charge in [0.25, 0.3) is 0 Å². The third kappa shape index (κ3) is 3.01. The topological polar surface area (TPSA) is 26.3 Å². The molecule has 0 aliphatic carbocycles. The Bertz CT molecular complexity index is 109. The lowest BCUT2D eigenvalue weighted by molar-refractivity contribution is -0.137. The van der Waals surface area contributed by atoms with Crippen LogP contribution in [0, 0.1) is 0 Å². The van der Waals surface area contributed by atoms with Gasteiger partial charge < -0.3 is 4.74 Å². The second-order valence-electron chi connectivity index (χ2n) is 1.13. The first kappa shape index (κ1) is 7.94. The van der Waals surface area contributed by atoms with Gasteiger partial charge in [0.15, 0.2) is 0 Å². The summed E-state index contributed by atoms with van der Waals surface area (Å²) in [6.45, 7) is 5.56. The van der Waals surface area contributed by atoms with Gasteiger partial charge in [-0.3, -0.25) is 0 Å². The van der Waals surface area contributed by atoms with E-state index in [1.165, 1.54) is 0 Å². The van der Waals surface area contributed by atoms with Gasteiger partial charge in [-0.05, 0) is 29.5 Å². The maximum Gasteiger partial charge on any atom is 0.343 e. The van der Waals surface area contributed by atoms with Crippen molar-refractivity contribution < 1.29 is 9.53 Å². The van der Waals surface area contributed by atoms with E-state index in [9.17, 15) is 4.79 Å². The molecule has 8 heavy (non-hydrogen) atoms. The largest absolute Gasteiger partial charge is 0.462 e. The van der Waals surface area contributed by atoms with Crippen molar-refractivity contribution in [2.24, 2.45) is 0 Å². The first-order valence-electron chi connectivity index (χ1n) is 2.20. The van der Waals surface area contributed by atoms with Crippen LogP contribution >= 0.6 is 22.6 Å². The summed E-state index contributed by atoms with van der Waals surface area (Å²) in [4.78, 5) is 10.4. The summed E-state index contributed by atoms with van der Waals surface area (Å²) in [5.41, 5.74) is 0. The van der Waals surface area contributed by atoms with Gasteiger partial charge >= 0.3 is 5.97 Å². The Morgan fingerprint density at radius 1 is 1.88 bits per heavy atom. The summed E-state index contributed by atoms with van der Waals surface area (Å²) in [5.74, 6) is -0.326. The molecule has 0 rings (SSSR count). The van der Waals surface area contributed by atoms with Crippen LogP contribution in [0.15, 0.2) is 10.2 Å². The van der Waals surface area contributed by atoms with E-state index in [1.807, 2.05) is 22.6 Å². The van der Waals surface area contributed by atoms with E-state index in [0.717, 1.165) is 0 Å². The summed E-state index contributed by atoms with van der Waals surface area (Å²) < 4.78 is 4.98. The zero-order valence-corrected chi connectivity index (χ0v) is 6.77. The number of rotatable bonds is 2. The molecular weight excluding hydrogens is 219 g/mol. The average molecular weight is 226 g/mol. The highest BCUT2D eigenvalue weighted by Crippen LogP contribution is 2.02. The molecule has 0 atom stereocenters. The lowest BCUT2D eigenvalue weighted by atomic mass is 10.6. The van der Waals surface area contributed by atoms with Crippen LogP contribution in [0.4, 0.5) is 0 Å². The van der Waals surface area contributed by atoms with Crippen molar-refractivity contribution in [1.82, 2.24) is 0 Å². The smallest absolute Gasteiger partial charge is 0.343 e. The number of hydrogen-bond donors (Lipinski definition) is 0. The predicted molar refractivity (Wildman–Crippen MR) is 39.8 cm³/mol. The number of carbonyl (C=O) groups is 1. The van der Waals surface area contributed by atoms with Crippen LogP contribution < -0.4 is 0 Å². The van der Waals surface area contributed by atoms with Crippen molar-refractivity contribution in [3.05, 3.63) is 10.2 Å². The fourth-order valence-corrected chi connectivity index (χ4v) is 0.365. The number of ether oxygens (including phenoxy) is 1. The van der Waals surface area contributed by atoms with E-state index < -0.39 is 0 Å². The molecule has 0 radical (unpaired) electrons. The Balaban J connectivity index is 3.49. The lowest BCUT2D eigenvalue weighted by Gasteiger charge is -1.95. The third-order valence-corrected chi connectivity index (χ3v) is 0.937. The molecule has 0 aliphatic heterocycles. The van der Waals surface area contributed by atoms with Crippen LogP contribution in [-0.4, -0.2) is 12.6 Å². The second kappa shape index (κ2) is 3.88. The fraction of sp³-hybridized carbons (Fsp3) is 0.400. The molecule has 0 heterocycles. The fourth-order valence-electron chi connectivity index (χ4n) is 0.209. The zero-order chi connectivity index (χ0) is 6.57. The number of halogens is 1. The predicted octanol–water partition coefficient (Wildman–Crippen LogP) is 1.50. The molecule has 0 N–H and O–H groups in total. The van der Waals surface area contributed by atoms with E-state index in [2.05, 4.69) is 11.3 Å². The number of esters is 1. The van der Waals surface area contributed by atoms with E-state index >= 15 is 0 Å². The van der Waals surface area contributed by atoms with Crippen LogP contribution in [0.5, 0.6) is 0 Å². The monoisotopic (exact) mass is 226 g/mol. The van der Waals surface area contributed by atoms with Gasteiger partial charge in [-0.2, -0.15) is 0 Å². The van der Waals surface area contributed by atoms with Gasteiger partial charge in [-0.25, -0.2) is 4.79 Å². The number of hydrogen-bond acceptors (Lipinski definition) is 2. The van der Waals surface area contributed by atoms with Crippen LogP contribution in [0.3, 0.4) is 0 Å². The Morgan fingerprint density at radius 2 is 2.38 bits per heavy atom. The first-order valence-corrected chi connectivity index (χ1v) is 3.28. The standard InChI is InChI=1S/C5H7IO2/c1-3-8-5(7)4(2)6/h2-3H2,1H3. The molecule has 0 unspecified atom stereocenters. The number of carbonyl (C=O) groups excluding carboxylic acids is 1. The lowest BCUT2D eigenvalue weighted by Crippen LogP contribution is -2.01. The molecule has 0 aliphatic rings. The highest BCUT2D eigenvalue weighted by molar-refractivity contribution is 14.1. The molecule has 0 aromatic carbocycles. The van der Waals surface area contributed by atoms with Gasteiger partial charge in [0, 0.05) is 0 Å². The molecule has 0 bridgehead atoms. The van der Waals surface area contributed by atoms with Crippen LogP contribution in [0.2, 0.25) is 0 Å². The minimum Gasteiger partial charge on any atom is -0.462 e. The van der Waals surface area contributed by atoms with Gasteiger partial charge in [-0.1, -0.05) is 6.58 Å². The molecule has 0 spiro atoms. The van der Waals surface area contributed by atoms with Crippen molar-refractivity contribution >= 4 is 28.6 Å².